The van der Waals surface area contributed by atoms with E-state index in [1.165, 1.54) is 6.42 Å². The smallest absolute Gasteiger partial charge is 0.226 e. The molecule has 1 aromatic rings. The van der Waals surface area contributed by atoms with Crippen LogP contribution in [-0.4, -0.2) is 42.9 Å². The first kappa shape index (κ1) is 18.5. The van der Waals surface area contributed by atoms with Crippen molar-refractivity contribution in [1.29, 1.82) is 0 Å². The lowest BCUT2D eigenvalue weighted by Crippen LogP contribution is -2.31. The maximum absolute atomic E-state index is 12.1. The zero-order chi connectivity index (χ0) is 17.4. The number of carbonyl (C=O) groups is 2. The van der Waals surface area contributed by atoms with Crippen molar-refractivity contribution in [1.82, 2.24) is 10.2 Å². The van der Waals surface area contributed by atoms with Crippen molar-refractivity contribution in [3.8, 4) is 0 Å². The van der Waals surface area contributed by atoms with Gasteiger partial charge in [0.25, 0.3) is 0 Å². The molecule has 0 radical (unpaired) electrons. The highest BCUT2D eigenvalue weighted by Gasteiger charge is 2.15. The number of nitrogens with zero attached hydrogens (tertiary/aromatic N) is 1. The monoisotopic (exact) mass is 331 g/mol. The van der Waals surface area contributed by atoms with Gasteiger partial charge in [0.15, 0.2) is 0 Å². The molecule has 5 nitrogen and oxygen atoms in total. The predicted octanol–water partition coefficient (Wildman–Crippen LogP) is 2.43. The van der Waals surface area contributed by atoms with Gasteiger partial charge < -0.3 is 15.5 Å². The maximum atomic E-state index is 12.1. The minimum absolute atomic E-state index is 0.0638. The quantitative estimate of drug-likeness (QED) is 0.769. The molecule has 24 heavy (non-hydrogen) atoms. The van der Waals surface area contributed by atoms with Crippen molar-refractivity contribution in [2.75, 3.05) is 31.5 Å². The van der Waals surface area contributed by atoms with E-state index in [1.807, 2.05) is 43.0 Å². The van der Waals surface area contributed by atoms with E-state index in [0.717, 1.165) is 43.9 Å². The van der Waals surface area contributed by atoms with Gasteiger partial charge >= 0.3 is 0 Å². The molecule has 2 amide bonds. The van der Waals surface area contributed by atoms with Crippen LogP contribution in [0.15, 0.2) is 24.3 Å². The Hall–Kier alpha value is -1.88. The summed E-state index contributed by atoms with van der Waals surface area (Å²) >= 11 is 0. The number of likely N-dealkylation sites (N-methyl/N-ethyl adjacent to an activating group) is 1. The lowest BCUT2D eigenvalue weighted by molar-refractivity contribution is -0.130. The number of amides is 2. The van der Waals surface area contributed by atoms with Gasteiger partial charge in [-0.25, -0.2) is 0 Å². The van der Waals surface area contributed by atoms with E-state index in [1.54, 1.807) is 0 Å². The average Bonchev–Trinajstić information content (AvgIpc) is 3.09. The molecule has 1 aliphatic rings. The molecular formula is C19H29N3O2. The van der Waals surface area contributed by atoms with Crippen molar-refractivity contribution < 1.29 is 9.59 Å². The lowest BCUT2D eigenvalue weighted by atomic mass is 10.0. The first-order valence-electron chi connectivity index (χ1n) is 8.99. The molecule has 1 saturated heterocycles. The maximum Gasteiger partial charge on any atom is 0.226 e. The molecule has 132 valence electrons. The third kappa shape index (κ3) is 5.64. The van der Waals surface area contributed by atoms with Crippen molar-refractivity contribution in [3.63, 3.8) is 0 Å². The van der Waals surface area contributed by atoms with Gasteiger partial charge in [0.05, 0.1) is 6.42 Å². The van der Waals surface area contributed by atoms with Crippen LogP contribution >= 0.6 is 0 Å². The third-order valence-corrected chi connectivity index (χ3v) is 4.65. The standard InChI is InChI=1S/C19H29N3O2/c1-3-22(4-2)19(24)13-15-5-8-17(9-6-15)21-18(23)10-7-16-11-12-20-14-16/h5-6,8-9,16,20H,3-4,7,10-14H2,1-2H3,(H,21,23). The second-order valence-electron chi connectivity index (χ2n) is 6.39. The fourth-order valence-corrected chi connectivity index (χ4v) is 3.09. The topological polar surface area (TPSA) is 61.4 Å². The summed E-state index contributed by atoms with van der Waals surface area (Å²) in [5.41, 5.74) is 1.77. The Kier molecular flexibility index (Phi) is 7.25. The highest BCUT2D eigenvalue weighted by Crippen LogP contribution is 2.16. The van der Waals surface area contributed by atoms with Crippen LogP contribution in [0.3, 0.4) is 0 Å². The zero-order valence-electron chi connectivity index (χ0n) is 14.8. The largest absolute Gasteiger partial charge is 0.343 e. The molecule has 0 aliphatic carbocycles. The first-order valence-corrected chi connectivity index (χ1v) is 8.99. The molecule has 1 atom stereocenters. The fraction of sp³-hybridized carbons (Fsp3) is 0.579. The Bertz CT molecular complexity index is 532. The van der Waals surface area contributed by atoms with Gasteiger partial charge in [0.2, 0.25) is 11.8 Å². The van der Waals surface area contributed by atoms with Crippen LogP contribution in [0, 0.1) is 5.92 Å². The van der Waals surface area contributed by atoms with Crippen molar-refractivity contribution in [3.05, 3.63) is 29.8 Å². The van der Waals surface area contributed by atoms with E-state index in [9.17, 15) is 9.59 Å². The second-order valence-corrected chi connectivity index (χ2v) is 6.39. The summed E-state index contributed by atoms with van der Waals surface area (Å²) in [6.45, 7) is 7.55. The number of carbonyl (C=O) groups excluding carboxylic acids is 2. The minimum atomic E-state index is 0.0638. The van der Waals surface area contributed by atoms with E-state index in [4.69, 9.17) is 0 Å². The molecule has 0 aromatic heterocycles. The number of hydrogen-bond donors (Lipinski definition) is 2. The highest BCUT2D eigenvalue weighted by molar-refractivity contribution is 5.90. The van der Waals surface area contributed by atoms with Gasteiger partial charge in [-0.05, 0) is 63.4 Å². The normalized spacial score (nSPS) is 16.8. The van der Waals surface area contributed by atoms with Crippen molar-refractivity contribution >= 4 is 17.5 Å². The molecule has 0 spiro atoms. The van der Waals surface area contributed by atoms with Gasteiger partial charge in [-0.1, -0.05) is 12.1 Å². The van der Waals surface area contributed by atoms with Crippen LogP contribution in [0.1, 0.15) is 38.7 Å². The number of anilines is 1. The first-order chi connectivity index (χ1) is 11.6. The van der Waals surface area contributed by atoms with E-state index in [-0.39, 0.29) is 11.8 Å². The SMILES string of the molecule is CCN(CC)C(=O)Cc1ccc(NC(=O)CCC2CCNC2)cc1. The summed E-state index contributed by atoms with van der Waals surface area (Å²) in [7, 11) is 0. The third-order valence-electron chi connectivity index (χ3n) is 4.65. The second kappa shape index (κ2) is 9.42. The van der Waals surface area contributed by atoms with Gasteiger partial charge in [0, 0.05) is 25.2 Å². The van der Waals surface area contributed by atoms with Crippen molar-refractivity contribution in [2.24, 2.45) is 5.92 Å². The Balaban J connectivity index is 1.78. The Morgan fingerprint density at radius 1 is 1.21 bits per heavy atom. The zero-order valence-corrected chi connectivity index (χ0v) is 14.8. The van der Waals surface area contributed by atoms with E-state index in [0.29, 0.717) is 18.8 Å². The molecule has 2 N–H and O–H groups in total. The number of benzene rings is 1. The van der Waals surface area contributed by atoms with E-state index < -0.39 is 0 Å². The average molecular weight is 331 g/mol. The Morgan fingerprint density at radius 2 is 1.92 bits per heavy atom. The van der Waals surface area contributed by atoms with Gasteiger partial charge in [-0.15, -0.1) is 0 Å². The highest BCUT2D eigenvalue weighted by atomic mass is 16.2. The molecule has 0 saturated carbocycles. The fourth-order valence-electron chi connectivity index (χ4n) is 3.09. The number of rotatable bonds is 8. The van der Waals surface area contributed by atoms with E-state index >= 15 is 0 Å². The van der Waals surface area contributed by atoms with E-state index in [2.05, 4.69) is 10.6 Å². The number of hydrogen-bond acceptors (Lipinski definition) is 3. The van der Waals surface area contributed by atoms with Crippen molar-refractivity contribution in [2.45, 2.75) is 39.5 Å². The minimum Gasteiger partial charge on any atom is -0.343 e. The van der Waals surface area contributed by atoms with Crippen LogP contribution in [0.2, 0.25) is 0 Å². The summed E-state index contributed by atoms with van der Waals surface area (Å²) in [6.07, 6.45) is 3.08. The molecule has 1 fully saturated rings. The van der Waals surface area contributed by atoms with Gasteiger partial charge in [-0.2, -0.15) is 0 Å². The molecule has 2 rings (SSSR count). The van der Waals surface area contributed by atoms with Gasteiger partial charge in [0.1, 0.15) is 0 Å². The summed E-state index contributed by atoms with van der Waals surface area (Å²) < 4.78 is 0. The molecular weight excluding hydrogens is 302 g/mol. The lowest BCUT2D eigenvalue weighted by Gasteiger charge is -2.18. The number of nitrogens with one attached hydrogen (secondary N) is 2. The molecule has 5 heteroatoms. The van der Waals surface area contributed by atoms with Crippen LogP contribution < -0.4 is 10.6 Å². The molecule has 0 bridgehead atoms. The molecule has 1 aromatic carbocycles. The van der Waals surface area contributed by atoms with Crippen LogP contribution in [-0.2, 0) is 16.0 Å². The summed E-state index contributed by atoms with van der Waals surface area (Å²) in [5, 5.41) is 6.26. The van der Waals surface area contributed by atoms with Crippen LogP contribution in [0.5, 0.6) is 0 Å². The molecule has 1 unspecified atom stereocenters. The summed E-state index contributed by atoms with van der Waals surface area (Å²) in [6, 6.07) is 7.58. The predicted molar refractivity (Wildman–Crippen MR) is 96.9 cm³/mol. The molecule has 1 heterocycles. The Labute approximate surface area is 144 Å². The summed E-state index contributed by atoms with van der Waals surface area (Å²) in [4.78, 5) is 25.9. The van der Waals surface area contributed by atoms with Crippen LogP contribution in [0.4, 0.5) is 5.69 Å². The molecule has 1 aliphatic heterocycles. The van der Waals surface area contributed by atoms with Crippen LogP contribution in [0.25, 0.3) is 0 Å². The van der Waals surface area contributed by atoms with Gasteiger partial charge in [-0.3, -0.25) is 9.59 Å². The Morgan fingerprint density at radius 3 is 2.50 bits per heavy atom. The summed E-state index contributed by atoms with van der Waals surface area (Å²) in [5.74, 6) is 0.833.